The molecule has 0 saturated carbocycles. The van der Waals surface area contributed by atoms with Gasteiger partial charge in [-0.15, -0.1) is 5.75 Å². The van der Waals surface area contributed by atoms with Crippen molar-refractivity contribution in [3.8, 4) is 17.2 Å². The van der Waals surface area contributed by atoms with Crippen LogP contribution in [0.4, 0.5) is 0 Å². The SMILES string of the molecule is CCCCCCCCCCCCCc1cc([O-])cc(Oc2ccccc2S(=O)(=O)O)c1.[K+]. The largest absolute Gasteiger partial charge is 1.00 e. The van der Waals surface area contributed by atoms with Crippen LogP contribution in [0.1, 0.15) is 83.1 Å². The van der Waals surface area contributed by atoms with Gasteiger partial charge in [0, 0.05) is 0 Å². The van der Waals surface area contributed by atoms with Crippen LogP contribution in [0.3, 0.4) is 0 Å². The third-order valence-electron chi connectivity index (χ3n) is 5.36. The molecule has 2 rings (SSSR count). The minimum absolute atomic E-state index is 0. The van der Waals surface area contributed by atoms with Gasteiger partial charge in [-0.3, -0.25) is 4.55 Å². The third kappa shape index (κ3) is 11.6. The summed E-state index contributed by atoms with van der Waals surface area (Å²) in [5, 5.41) is 12.0. The Hall–Kier alpha value is -0.414. The molecule has 0 atom stereocenters. The predicted molar refractivity (Wildman–Crippen MR) is 122 cm³/mol. The summed E-state index contributed by atoms with van der Waals surface area (Å²) in [6, 6.07) is 10.5. The molecule has 0 fully saturated rings. The zero-order valence-electron chi connectivity index (χ0n) is 19.5. The molecule has 172 valence electrons. The predicted octanol–water partition coefficient (Wildman–Crippen LogP) is 3.66. The molecule has 7 heteroatoms. The first-order valence-electron chi connectivity index (χ1n) is 11.5. The maximum atomic E-state index is 12.0. The number of unbranched alkanes of at least 4 members (excludes halogenated alkanes) is 10. The van der Waals surface area contributed by atoms with Crippen molar-refractivity contribution in [2.75, 3.05) is 0 Å². The van der Waals surface area contributed by atoms with E-state index in [1.165, 1.54) is 82.1 Å². The summed E-state index contributed by atoms with van der Waals surface area (Å²) in [6.45, 7) is 2.24. The molecule has 0 aliphatic heterocycles. The molecule has 1 N–H and O–H groups in total. The number of rotatable bonds is 15. The molecule has 0 radical (unpaired) electrons. The van der Waals surface area contributed by atoms with Crippen molar-refractivity contribution in [2.24, 2.45) is 0 Å². The van der Waals surface area contributed by atoms with Gasteiger partial charge in [-0.05, 0) is 42.7 Å². The molecule has 2 aromatic carbocycles. The Morgan fingerprint density at radius 3 is 2.00 bits per heavy atom. The van der Waals surface area contributed by atoms with Crippen LogP contribution < -0.4 is 61.2 Å². The zero-order chi connectivity index (χ0) is 22.5. The van der Waals surface area contributed by atoms with E-state index in [9.17, 15) is 18.1 Å². The molecule has 0 saturated heterocycles. The molecule has 0 heterocycles. The van der Waals surface area contributed by atoms with Gasteiger partial charge in [-0.2, -0.15) is 8.42 Å². The number of aryl methyl sites for hydroxylation is 1. The number of hydrogen-bond donors (Lipinski definition) is 1. The number of hydrogen-bond acceptors (Lipinski definition) is 4. The van der Waals surface area contributed by atoms with E-state index in [0.717, 1.165) is 24.8 Å². The van der Waals surface area contributed by atoms with Gasteiger partial charge in [0.25, 0.3) is 10.1 Å². The van der Waals surface area contributed by atoms with Crippen LogP contribution in [0.5, 0.6) is 17.2 Å². The van der Waals surface area contributed by atoms with Gasteiger partial charge in [-0.1, -0.05) is 89.3 Å². The molecule has 32 heavy (non-hydrogen) atoms. The van der Waals surface area contributed by atoms with Crippen LogP contribution >= 0.6 is 0 Å². The zero-order valence-corrected chi connectivity index (χ0v) is 23.5. The minimum Gasteiger partial charge on any atom is -0.872 e. The number of para-hydroxylation sites is 1. The molecule has 0 unspecified atom stereocenters. The smallest absolute Gasteiger partial charge is 0.872 e. The fourth-order valence-corrected chi connectivity index (χ4v) is 4.32. The second kappa shape index (κ2) is 16.3. The summed E-state index contributed by atoms with van der Waals surface area (Å²) in [7, 11) is -4.41. The minimum atomic E-state index is -4.41. The summed E-state index contributed by atoms with van der Waals surface area (Å²) in [5.41, 5.74) is 0.878. The van der Waals surface area contributed by atoms with Crippen LogP contribution in [-0.2, 0) is 16.5 Å². The Kier molecular flexibility index (Phi) is 15.0. The Morgan fingerprint density at radius 2 is 1.41 bits per heavy atom. The van der Waals surface area contributed by atoms with Gasteiger partial charge in [0.05, 0.1) is 0 Å². The van der Waals surface area contributed by atoms with E-state index in [2.05, 4.69) is 6.92 Å². The normalized spacial score (nSPS) is 11.2. The van der Waals surface area contributed by atoms with Crippen LogP contribution in [0.2, 0.25) is 0 Å². The Morgan fingerprint density at radius 1 is 0.844 bits per heavy atom. The van der Waals surface area contributed by atoms with E-state index in [0.29, 0.717) is 0 Å². The van der Waals surface area contributed by atoms with E-state index in [1.807, 2.05) is 0 Å². The van der Waals surface area contributed by atoms with Crippen molar-refractivity contribution < 1.29 is 74.2 Å². The van der Waals surface area contributed by atoms with Crippen molar-refractivity contribution in [3.05, 3.63) is 48.0 Å². The van der Waals surface area contributed by atoms with Crippen LogP contribution in [-0.4, -0.2) is 13.0 Å². The van der Waals surface area contributed by atoms with Gasteiger partial charge in [0.2, 0.25) is 0 Å². The second-order valence-corrected chi connectivity index (χ2v) is 9.51. The Labute approximate surface area is 236 Å². The molecule has 0 bridgehead atoms. The summed E-state index contributed by atoms with van der Waals surface area (Å²) in [6.07, 6.45) is 14.7. The van der Waals surface area contributed by atoms with E-state index in [4.69, 9.17) is 4.74 Å². The monoisotopic (exact) mass is 486 g/mol. The molecule has 0 aliphatic rings. The summed E-state index contributed by atoms with van der Waals surface area (Å²) >= 11 is 0. The molecule has 0 aliphatic carbocycles. The Bertz CT molecular complexity index is 899. The standard InChI is InChI=1S/C25H36O5S.K/c1-2-3-4-5-6-7-8-9-10-11-12-15-21-18-22(26)20-23(19-21)30-24-16-13-14-17-25(24)31(27,28)29;/h13-14,16-20,26H,2-12,15H2,1H3,(H,27,28,29);/q;+1/p-1. The van der Waals surface area contributed by atoms with Crippen LogP contribution in [0.25, 0.3) is 0 Å². The first-order valence-corrected chi connectivity index (χ1v) is 12.9. The molecule has 0 spiro atoms. The molecular weight excluding hydrogens is 451 g/mol. The van der Waals surface area contributed by atoms with E-state index in [1.54, 1.807) is 18.2 Å². The first kappa shape index (κ1) is 29.6. The van der Waals surface area contributed by atoms with E-state index in [-0.39, 0.29) is 73.5 Å². The molecular formula is C25H35KO5S. The molecule has 5 nitrogen and oxygen atoms in total. The average molecular weight is 487 g/mol. The van der Waals surface area contributed by atoms with Crippen molar-refractivity contribution in [1.82, 2.24) is 0 Å². The van der Waals surface area contributed by atoms with Crippen LogP contribution in [0, 0.1) is 0 Å². The number of benzene rings is 2. The van der Waals surface area contributed by atoms with Crippen molar-refractivity contribution >= 4 is 10.1 Å². The fourth-order valence-electron chi connectivity index (χ4n) is 3.70. The van der Waals surface area contributed by atoms with E-state index >= 15 is 0 Å². The van der Waals surface area contributed by atoms with Gasteiger partial charge < -0.3 is 9.84 Å². The maximum Gasteiger partial charge on any atom is 1.00 e. The van der Waals surface area contributed by atoms with Crippen LogP contribution in [0.15, 0.2) is 47.4 Å². The van der Waals surface area contributed by atoms with Crippen molar-refractivity contribution in [3.63, 3.8) is 0 Å². The van der Waals surface area contributed by atoms with E-state index < -0.39 is 10.1 Å². The van der Waals surface area contributed by atoms with Gasteiger partial charge >= 0.3 is 51.4 Å². The summed E-state index contributed by atoms with van der Waals surface area (Å²) in [4.78, 5) is -0.321. The summed E-state index contributed by atoms with van der Waals surface area (Å²) < 4.78 is 38.0. The Balaban J connectivity index is 0.00000512. The van der Waals surface area contributed by atoms with Gasteiger partial charge in [0.1, 0.15) is 16.4 Å². The third-order valence-corrected chi connectivity index (χ3v) is 6.26. The molecule has 0 aromatic heterocycles. The first-order chi connectivity index (χ1) is 14.9. The fraction of sp³-hybridized carbons (Fsp3) is 0.520. The number of ether oxygens (including phenoxy) is 1. The second-order valence-electron chi connectivity index (χ2n) is 8.12. The molecule has 2 aromatic rings. The summed E-state index contributed by atoms with van der Waals surface area (Å²) in [5.74, 6) is 0.0952. The maximum absolute atomic E-state index is 12.0. The average Bonchev–Trinajstić information content (AvgIpc) is 2.71. The quantitative estimate of drug-likeness (QED) is 0.236. The van der Waals surface area contributed by atoms with Crippen molar-refractivity contribution in [1.29, 1.82) is 0 Å². The topological polar surface area (TPSA) is 86.7 Å². The van der Waals surface area contributed by atoms with Gasteiger partial charge in [-0.25, -0.2) is 0 Å². The van der Waals surface area contributed by atoms with Crippen molar-refractivity contribution in [2.45, 2.75) is 88.9 Å². The van der Waals surface area contributed by atoms with Gasteiger partial charge in [0.15, 0.2) is 0 Å². The molecule has 0 amide bonds.